The molecule has 4 rings (SSSR count). The number of hydrogen-bond acceptors (Lipinski definition) is 8. The molecule has 0 aromatic heterocycles. The van der Waals surface area contributed by atoms with Gasteiger partial charge in [0.1, 0.15) is 5.82 Å². The summed E-state index contributed by atoms with van der Waals surface area (Å²) in [7, 11) is 4.10. The van der Waals surface area contributed by atoms with Crippen LogP contribution in [0.5, 0.6) is 0 Å². The van der Waals surface area contributed by atoms with Gasteiger partial charge in [0, 0.05) is 86.1 Å². The molecule has 0 spiro atoms. The Morgan fingerprint density at radius 1 is 1.18 bits per heavy atom. The molecule has 1 aromatic rings. The van der Waals surface area contributed by atoms with Gasteiger partial charge in [0.05, 0.1) is 12.3 Å². The number of ether oxygens (including phenoxy) is 1. The van der Waals surface area contributed by atoms with Gasteiger partial charge in [-0.05, 0) is 56.9 Å². The van der Waals surface area contributed by atoms with E-state index >= 15 is 0 Å². The monoisotopic (exact) mass is 543 g/mol. The van der Waals surface area contributed by atoms with Gasteiger partial charge in [-0.15, -0.1) is 0 Å². The summed E-state index contributed by atoms with van der Waals surface area (Å²) in [4.78, 5) is 11.8. The van der Waals surface area contributed by atoms with Crippen LogP contribution >= 0.6 is 0 Å². The fourth-order valence-corrected chi connectivity index (χ4v) is 5.34. The molecule has 1 saturated heterocycles. The van der Waals surface area contributed by atoms with Crippen LogP contribution in [0.25, 0.3) is 0 Å². The van der Waals surface area contributed by atoms with Crippen LogP contribution in [-0.2, 0) is 4.74 Å². The van der Waals surface area contributed by atoms with Crippen LogP contribution in [0.1, 0.15) is 56.6 Å². The minimum Gasteiger partial charge on any atom is -0.388 e. The number of nitrogens with one attached hydrogen (secondary N) is 4. The summed E-state index contributed by atoms with van der Waals surface area (Å²) in [6.45, 7) is 5.59. The SMILES string of the molecule is CCCC(CCNC1CCOCC1)N(C)C1=CCC=C(NC2=CC(c3ccc(C=N)c(NC)c3)=NCC=N2)C=C1. The standard InChI is InChI=1S/C32H45N7O/c1-4-6-28(13-16-35-26-14-19-40-20-15-26)39(3)29-8-5-7-27(11-12-29)38-32-22-31(36-17-18-37-32)24-9-10-25(23-33)30(21-24)34-2/h7-12,18,21-23,26,28,33-35,38H,4-6,13-17,19-20H2,1-3H3. The van der Waals surface area contributed by atoms with Crippen LogP contribution in [0.15, 0.2) is 75.8 Å². The summed E-state index contributed by atoms with van der Waals surface area (Å²) in [5.74, 6) is 0.758. The van der Waals surface area contributed by atoms with E-state index in [0.717, 1.165) is 79.5 Å². The lowest BCUT2D eigenvalue weighted by Crippen LogP contribution is -2.39. The predicted molar refractivity (Wildman–Crippen MR) is 168 cm³/mol. The van der Waals surface area contributed by atoms with E-state index in [1.165, 1.54) is 24.8 Å². The van der Waals surface area contributed by atoms with Crippen LogP contribution < -0.4 is 16.0 Å². The summed E-state index contributed by atoms with van der Waals surface area (Å²) >= 11 is 0. The molecule has 1 fully saturated rings. The third-order valence-electron chi connectivity index (χ3n) is 7.70. The predicted octanol–water partition coefficient (Wildman–Crippen LogP) is 5.02. The molecule has 1 aliphatic carbocycles. The van der Waals surface area contributed by atoms with Crippen molar-refractivity contribution in [3.8, 4) is 0 Å². The zero-order valence-electron chi connectivity index (χ0n) is 24.2. The number of likely N-dealkylation sites (N-methyl/N-ethyl adjacent to an activating group) is 1. The maximum Gasteiger partial charge on any atom is 0.132 e. The molecule has 0 bridgehead atoms. The largest absolute Gasteiger partial charge is 0.388 e. The van der Waals surface area contributed by atoms with Crippen molar-refractivity contribution in [1.82, 2.24) is 15.5 Å². The van der Waals surface area contributed by atoms with Crippen molar-refractivity contribution in [1.29, 1.82) is 5.41 Å². The summed E-state index contributed by atoms with van der Waals surface area (Å²) in [6.07, 6.45) is 20.6. The summed E-state index contributed by atoms with van der Waals surface area (Å²) in [5.41, 5.74) is 5.88. The van der Waals surface area contributed by atoms with Crippen molar-refractivity contribution >= 4 is 23.8 Å². The van der Waals surface area contributed by atoms with Crippen molar-refractivity contribution in [2.45, 2.75) is 57.5 Å². The molecule has 214 valence electrons. The minimum absolute atomic E-state index is 0.497. The molecule has 2 aliphatic heterocycles. The van der Waals surface area contributed by atoms with Gasteiger partial charge in [0.25, 0.3) is 0 Å². The number of hydrogen-bond donors (Lipinski definition) is 4. The third-order valence-corrected chi connectivity index (χ3v) is 7.70. The molecule has 2 heterocycles. The molecule has 8 nitrogen and oxygen atoms in total. The number of rotatable bonds is 13. The molecule has 0 amide bonds. The second-order valence-electron chi connectivity index (χ2n) is 10.4. The van der Waals surface area contributed by atoms with E-state index in [2.05, 4.69) is 64.1 Å². The molecule has 1 aromatic carbocycles. The van der Waals surface area contributed by atoms with E-state index in [9.17, 15) is 0 Å². The lowest BCUT2D eigenvalue weighted by atomic mass is 10.0. The average molecular weight is 544 g/mol. The van der Waals surface area contributed by atoms with E-state index in [-0.39, 0.29) is 0 Å². The highest BCUT2D eigenvalue weighted by Gasteiger charge is 2.18. The molecule has 0 radical (unpaired) electrons. The number of anilines is 1. The Balaban J connectivity index is 1.38. The van der Waals surface area contributed by atoms with E-state index in [0.29, 0.717) is 18.6 Å². The first-order valence-corrected chi connectivity index (χ1v) is 14.6. The van der Waals surface area contributed by atoms with Crippen molar-refractivity contribution in [3.05, 3.63) is 76.9 Å². The van der Waals surface area contributed by atoms with Crippen molar-refractivity contribution in [3.63, 3.8) is 0 Å². The van der Waals surface area contributed by atoms with Gasteiger partial charge in [0.2, 0.25) is 0 Å². The maximum absolute atomic E-state index is 7.62. The first-order valence-electron chi connectivity index (χ1n) is 14.6. The Bertz CT molecular complexity index is 1190. The third kappa shape index (κ3) is 8.26. The van der Waals surface area contributed by atoms with Crippen LogP contribution in [0.2, 0.25) is 0 Å². The van der Waals surface area contributed by atoms with Crippen LogP contribution in [0.4, 0.5) is 5.69 Å². The molecule has 40 heavy (non-hydrogen) atoms. The molecule has 8 heteroatoms. The normalized spacial score (nSPS) is 18.5. The van der Waals surface area contributed by atoms with E-state index < -0.39 is 0 Å². The lowest BCUT2D eigenvalue weighted by Gasteiger charge is -2.32. The number of nitrogens with zero attached hydrogens (tertiary/aromatic N) is 3. The fraction of sp³-hybridized carbons (Fsp3) is 0.469. The maximum atomic E-state index is 7.62. The first kappa shape index (κ1) is 29.5. The van der Waals surface area contributed by atoms with Gasteiger partial charge < -0.3 is 31.0 Å². The molecular weight excluding hydrogens is 498 g/mol. The fourth-order valence-electron chi connectivity index (χ4n) is 5.34. The highest BCUT2D eigenvalue weighted by atomic mass is 16.5. The quantitative estimate of drug-likeness (QED) is 0.262. The highest BCUT2D eigenvalue weighted by molar-refractivity contribution is 6.11. The topological polar surface area (TPSA) is 97.1 Å². The Labute approximate surface area is 239 Å². The second kappa shape index (κ2) is 15.3. The van der Waals surface area contributed by atoms with Gasteiger partial charge in [-0.1, -0.05) is 37.6 Å². The van der Waals surface area contributed by atoms with Gasteiger partial charge in [-0.2, -0.15) is 0 Å². The van der Waals surface area contributed by atoms with Crippen LogP contribution in [-0.4, -0.2) is 75.5 Å². The molecule has 4 N–H and O–H groups in total. The smallest absolute Gasteiger partial charge is 0.132 e. The lowest BCUT2D eigenvalue weighted by molar-refractivity contribution is 0.0774. The highest BCUT2D eigenvalue weighted by Crippen LogP contribution is 2.21. The van der Waals surface area contributed by atoms with E-state index in [1.807, 2.05) is 37.5 Å². The number of allylic oxidation sites excluding steroid dienone is 5. The van der Waals surface area contributed by atoms with Crippen LogP contribution in [0.3, 0.4) is 0 Å². The summed E-state index contributed by atoms with van der Waals surface area (Å²) in [6, 6.07) is 7.06. The Morgan fingerprint density at radius 3 is 2.80 bits per heavy atom. The molecule has 0 saturated carbocycles. The average Bonchev–Trinajstić information content (AvgIpc) is 3.37. The number of aliphatic imine (C=N–C) groups is 2. The Hall–Kier alpha value is -3.49. The minimum atomic E-state index is 0.497. The molecule has 1 unspecified atom stereocenters. The van der Waals surface area contributed by atoms with Gasteiger partial charge in [-0.3, -0.25) is 4.99 Å². The van der Waals surface area contributed by atoms with E-state index in [1.54, 1.807) is 0 Å². The van der Waals surface area contributed by atoms with E-state index in [4.69, 9.17) is 15.1 Å². The zero-order chi connectivity index (χ0) is 28.2. The summed E-state index contributed by atoms with van der Waals surface area (Å²) < 4.78 is 5.50. The Kier molecular flexibility index (Phi) is 11.3. The molecule has 1 atom stereocenters. The van der Waals surface area contributed by atoms with Crippen molar-refractivity contribution < 1.29 is 4.74 Å². The summed E-state index contributed by atoms with van der Waals surface area (Å²) in [5, 5.41) is 18.1. The molecular formula is C32H45N7O. The van der Waals surface area contributed by atoms with Crippen LogP contribution in [0, 0.1) is 5.41 Å². The van der Waals surface area contributed by atoms with Gasteiger partial charge >= 0.3 is 0 Å². The van der Waals surface area contributed by atoms with Crippen molar-refractivity contribution in [2.24, 2.45) is 9.98 Å². The zero-order valence-corrected chi connectivity index (χ0v) is 24.2. The Morgan fingerprint density at radius 2 is 2.02 bits per heavy atom. The number of benzene rings is 1. The first-order chi connectivity index (χ1) is 19.6. The van der Waals surface area contributed by atoms with Gasteiger partial charge in [0.15, 0.2) is 0 Å². The molecule has 3 aliphatic rings. The second-order valence-corrected chi connectivity index (χ2v) is 10.4. The van der Waals surface area contributed by atoms with Gasteiger partial charge in [-0.25, -0.2) is 4.99 Å². The van der Waals surface area contributed by atoms with Crippen molar-refractivity contribution in [2.75, 3.05) is 45.7 Å².